The maximum absolute atomic E-state index is 5.60. The number of aliphatic imine (C=N–C) groups is 1. The molecule has 0 bridgehead atoms. The third-order valence-electron chi connectivity index (χ3n) is 5.63. The molecule has 4 nitrogen and oxygen atoms in total. The normalized spacial score (nSPS) is 22.1. The highest BCUT2D eigenvalue weighted by atomic mass is 32.1. The minimum absolute atomic E-state index is 0.143. The number of hydrogen-bond donors (Lipinski definition) is 1. The van der Waals surface area contributed by atoms with Crippen LogP contribution in [0.25, 0.3) is 6.08 Å². The molecule has 1 aliphatic carbocycles. The maximum Gasteiger partial charge on any atom is 0.193 e. The molecule has 5 heteroatoms. The van der Waals surface area contributed by atoms with Crippen LogP contribution in [0.15, 0.2) is 59.1 Å². The van der Waals surface area contributed by atoms with Gasteiger partial charge in [-0.25, -0.2) is 4.99 Å². The first-order valence-corrected chi connectivity index (χ1v) is 11.1. The van der Waals surface area contributed by atoms with Crippen LogP contribution in [0, 0.1) is 5.92 Å². The van der Waals surface area contributed by atoms with Gasteiger partial charge in [0.1, 0.15) is 11.5 Å². The smallest absolute Gasteiger partial charge is 0.193 e. The van der Waals surface area contributed by atoms with Crippen LogP contribution in [0.4, 0.5) is 0 Å². The number of nitrogens with one attached hydrogen (secondary N) is 1. The lowest BCUT2D eigenvalue weighted by Gasteiger charge is -2.37. The van der Waals surface area contributed by atoms with Crippen molar-refractivity contribution in [3.8, 4) is 11.5 Å². The number of thiocarbonyl (C=S) groups is 1. The van der Waals surface area contributed by atoms with Crippen LogP contribution < -0.4 is 14.8 Å². The second-order valence-electron chi connectivity index (χ2n) is 7.60. The molecule has 0 saturated heterocycles. The quantitative estimate of drug-likeness (QED) is 0.605. The van der Waals surface area contributed by atoms with E-state index in [1.165, 1.54) is 16.7 Å². The molecule has 2 aromatic rings. The molecule has 2 atom stereocenters. The Morgan fingerprint density at radius 2 is 1.63 bits per heavy atom. The lowest BCUT2D eigenvalue weighted by Crippen LogP contribution is -2.42. The van der Waals surface area contributed by atoms with Gasteiger partial charge in [0.2, 0.25) is 0 Å². The Kier molecular flexibility index (Phi) is 6.48. The van der Waals surface area contributed by atoms with Crippen LogP contribution in [-0.2, 0) is 0 Å². The summed E-state index contributed by atoms with van der Waals surface area (Å²) in [4.78, 5) is 4.77. The molecule has 0 unspecified atom stereocenters. The van der Waals surface area contributed by atoms with Gasteiger partial charge in [0, 0.05) is 5.92 Å². The molecule has 1 fully saturated rings. The third-order valence-corrected chi connectivity index (χ3v) is 5.84. The van der Waals surface area contributed by atoms with Crippen molar-refractivity contribution < 1.29 is 9.47 Å². The molecule has 0 amide bonds. The van der Waals surface area contributed by atoms with Gasteiger partial charge in [-0.15, -0.1) is 0 Å². The second-order valence-corrected chi connectivity index (χ2v) is 7.98. The van der Waals surface area contributed by atoms with Gasteiger partial charge in [0.15, 0.2) is 5.11 Å². The molecule has 1 N–H and O–H groups in total. The average molecular weight is 421 g/mol. The van der Waals surface area contributed by atoms with E-state index in [1.54, 1.807) is 0 Å². The molecule has 156 valence electrons. The molecular formula is C25H28N2O2S. The number of allylic oxidation sites excluding steroid dienone is 1. The molecule has 30 heavy (non-hydrogen) atoms. The number of benzene rings is 2. The number of hydrogen-bond acceptors (Lipinski definition) is 3. The van der Waals surface area contributed by atoms with E-state index < -0.39 is 0 Å². The minimum Gasteiger partial charge on any atom is -0.494 e. The lowest BCUT2D eigenvalue weighted by molar-refractivity contribution is 0.340. The summed E-state index contributed by atoms with van der Waals surface area (Å²) in [5.74, 6) is 2.11. The van der Waals surface area contributed by atoms with Crippen molar-refractivity contribution in [1.82, 2.24) is 5.32 Å². The van der Waals surface area contributed by atoms with Gasteiger partial charge in [-0.1, -0.05) is 24.3 Å². The van der Waals surface area contributed by atoms with Gasteiger partial charge in [-0.3, -0.25) is 0 Å². The summed E-state index contributed by atoms with van der Waals surface area (Å²) in [6, 6.07) is 16.7. The highest BCUT2D eigenvalue weighted by molar-refractivity contribution is 7.80. The summed E-state index contributed by atoms with van der Waals surface area (Å²) in [6.45, 7) is 5.34. The van der Waals surface area contributed by atoms with Crippen LogP contribution >= 0.6 is 12.2 Å². The van der Waals surface area contributed by atoms with E-state index in [2.05, 4.69) is 35.7 Å². The fourth-order valence-electron chi connectivity index (χ4n) is 4.30. The van der Waals surface area contributed by atoms with E-state index in [0.29, 0.717) is 24.2 Å². The van der Waals surface area contributed by atoms with E-state index in [9.17, 15) is 0 Å². The van der Waals surface area contributed by atoms with Gasteiger partial charge < -0.3 is 14.8 Å². The van der Waals surface area contributed by atoms with Crippen LogP contribution in [0.3, 0.4) is 0 Å². The monoisotopic (exact) mass is 420 g/mol. The summed E-state index contributed by atoms with van der Waals surface area (Å²) < 4.78 is 11.2. The van der Waals surface area contributed by atoms with Crippen molar-refractivity contribution in [1.29, 1.82) is 0 Å². The number of fused-ring (bicyclic) bond motifs is 1. The first kappa shape index (κ1) is 20.6. The summed E-state index contributed by atoms with van der Waals surface area (Å²) in [5.41, 5.74) is 4.81. The second kappa shape index (κ2) is 9.43. The molecule has 2 aliphatic rings. The molecule has 4 rings (SSSR count). The van der Waals surface area contributed by atoms with E-state index >= 15 is 0 Å². The summed E-state index contributed by atoms with van der Waals surface area (Å²) >= 11 is 5.52. The summed E-state index contributed by atoms with van der Waals surface area (Å²) in [6.07, 6.45) is 5.53. The molecule has 1 saturated carbocycles. The molecular weight excluding hydrogens is 392 g/mol. The fourth-order valence-corrected chi connectivity index (χ4v) is 4.52. The summed E-state index contributed by atoms with van der Waals surface area (Å²) in [7, 11) is 0. The number of nitrogens with zero attached hydrogens (tertiary/aromatic N) is 1. The largest absolute Gasteiger partial charge is 0.494 e. The third kappa shape index (κ3) is 4.57. The first-order chi connectivity index (χ1) is 14.7. The topological polar surface area (TPSA) is 42.8 Å². The number of rotatable bonds is 6. The van der Waals surface area contributed by atoms with E-state index in [4.69, 9.17) is 26.7 Å². The average Bonchev–Trinajstić information content (AvgIpc) is 2.76. The van der Waals surface area contributed by atoms with E-state index in [0.717, 1.165) is 36.5 Å². The molecule has 0 aromatic heterocycles. The van der Waals surface area contributed by atoms with Crippen molar-refractivity contribution in [3.63, 3.8) is 0 Å². The molecule has 1 aliphatic heterocycles. The van der Waals surface area contributed by atoms with Crippen LogP contribution in [0.1, 0.15) is 50.3 Å². The van der Waals surface area contributed by atoms with Gasteiger partial charge in [0.25, 0.3) is 0 Å². The summed E-state index contributed by atoms with van der Waals surface area (Å²) in [5, 5.41) is 4.02. The highest BCUT2D eigenvalue weighted by Crippen LogP contribution is 2.38. The fraction of sp³-hybridized carbons (Fsp3) is 0.360. The predicted molar refractivity (Wildman–Crippen MR) is 126 cm³/mol. The first-order valence-electron chi connectivity index (χ1n) is 10.7. The lowest BCUT2D eigenvalue weighted by atomic mass is 9.76. The Hall–Kier alpha value is -2.66. The molecule has 1 heterocycles. The number of ether oxygens (including phenoxy) is 2. The molecule has 0 spiro atoms. The van der Waals surface area contributed by atoms with Crippen molar-refractivity contribution in [3.05, 3.63) is 65.2 Å². The predicted octanol–water partition coefficient (Wildman–Crippen LogP) is 5.74. The Labute approximate surface area is 184 Å². The molecule has 2 aromatic carbocycles. The van der Waals surface area contributed by atoms with Crippen LogP contribution in [0.2, 0.25) is 0 Å². The maximum atomic E-state index is 5.60. The standard InChI is InChI=1S/C25H28N2O2S/c1-3-28-20-12-8-17(9-13-20)16-19-6-5-7-22-23(26-25(30)27-24(19)22)18-10-14-21(15-11-18)29-4-2/h8-16,22-23H,3-7H2,1-2H3,(H,26,30)/b19-16-/t22-,23-/m0/s1. The Morgan fingerprint density at radius 1 is 1.00 bits per heavy atom. The van der Waals surface area contributed by atoms with Gasteiger partial charge >= 0.3 is 0 Å². The van der Waals surface area contributed by atoms with E-state index in [1.807, 2.05) is 38.1 Å². The van der Waals surface area contributed by atoms with Gasteiger partial charge in [0.05, 0.1) is 25.0 Å². The zero-order valence-electron chi connectivity index (χ0n) is 17.6. The highest BCUT2D eigenvalue weighted by Gasteiger charge is 2.36. The minimum atomic E-state index is 0.143. The van der Waals surface area contributed by atoms with Crippen molar-refractivity contribution in [2.45, 2.75) is 39.2 Å². The van der Waals surface area contributed by atoms with Crippen LogP contribution in [0.5, 0.6) is 11.5 Å². The van der Waals surface area contributed by atoms with E-state index in [-0.39, 0.29) is 6.04 Å². The van der Waals surface area contributed by atoms with Gasteiger partial charge in [-0.05, 0) is 92.4 Å². The Balaban J connectivity index is 1.60. The zero-order valence-corrected chi connectivity index (χ0v) is 18.4. The Bertz CT molecular complexity index is 948. The molecule has 0 radical (unpaired) electrons. The van der Waals surface area contributed by atoms with Gasteiger partial charge in [-0.2, -0.15) is 0 Å². The SMILES string of the molecule is CCOc1ccc(/C=C2/CCC[C@@H]3C2=NC(=S)N[C@H]3c2ccc(OCC)cc2)cc1. The zero-order chi connectivity index (χ0) is 20.9. The van der Waals surface area contributed by atoms with Crippen LogP contribution in [-0.4, -0.2) is 24.0 Å². The van der Waals surface area contributed by atoms with Crippen molar-refractivity contribution in [2.75, 3.05) is 13.2 Å². The van der Waals surface area contributed by atoms with Crippen molar-refractivity contribution >= 4 is 29.1 Å². The van der Waals surface area contributed by atoms with Crippen molar-refractivity contribution in [2.24, 2.45) is 10.9 Å². The Morgan fingerprint density at radius 3 is 2.27 bits per heavy atom.